The summed E-state index contributed by atoms with van der Waals surface area (Å²) in [4.78, 5) is 29.1. The molecule has 186 valence electrons. The Labute approximate surface area is 209 Å². The lowest BCUT2D eigenvalue weighted by Gasteiger charge is -2.25. The van der Waals surface area contributed by atoms with Gasteiger partial charge in [0.2, 0.25) is 5.76 Å². The van der Waals surface area contributed by atoms with Crippen molar-refractivity contribution in [1.29, 1.82) is 0 Å². The molecule has 3 heterocycles. The van der Waals surface area contributed by atoms with Crippen molar-refractivity contribution in [2.24, 2.45) is 5.92 Å². The van der Waals surface area contributed by atoms with Crippen LogP contribution in [0, 0.1) is 19.8 Å². The van der Waals surface area contributed by atoms with Crippen LogP contribution < -0.4 is 14.9 Å². The number of benzene rings is 2. The van der Waals surface area contributed by atoms with E-state index in [1.54, 1.807) is 30.4 Å². The van der Waals surface area contributed by atoms with Gasteiger partial charge in [-0.15, -0.1) is 0 Å². The van der Waals surface area contributed by atoms with Crippen LogP contribution in [0.15, 0.2) is 62.4 Å². The van der Waals surface area contributed by atoms with Crippen molar-refractivity contribution in [3.8, 4) is 11.5 Å². The third kappa shape index (κ3) is 4.04. The summed E-state index contributed by atoms with van der Waals surface area (Å²) in [5, 5.41) is 0.457. The number of methoxy groups -OCH3 is 1. The van der Waals surface area contributed by atoms with Crippen LogP contribution in [0.5, 0.6) is 11.5 Å². The van der Waals surface area contributed by atoms with Crippen molar-refractivity contribution in [1.82, 2.24) is 4.90 Å². The van der Waals surface area contributed by atoms with Crippen molar-refractivity contribution in [2.75, 3.05) is 13.7 Å². The Hall–Kier alpha value is -4.00. The summed E-state index contributed by atoms with van der Waals surface area (Å²) >= 11 is 0. The van der Waals surface area contributed by atoms with Crippen molar-refractivity contribution >= 4 is 16.9 Å². The molecular weight excluding hydrogens is 458 g/mol. The molecule has 7 nitrogen and oxygen atoms in total. The average molecular weight is 488 g/mol. The number of fused-ring (bicyclic) bond motifs is 2. The maximum absolute atomic E-state index is 13.8. The zero-order valence-corrected chi connectivity index (χ0v) is 21.1. The van der Waals surface area contributed by atoms with Crippen LogP contribution in [-0.2, 0) is 6.54 Å². The summed E-state index contributed by atoms with van der Waals surface area (Å²) in [7, 11) is 1.57. The Morgan fingerprint density at radius 1 is 1.03 bits per heavy atom. The van der Waals surface area contributed by atoms with Crippen molar-refractivity contribution in [3.05, 3.63) is 92.7 Å². The van der Waals surface area contributed by atoms with E-state index in [2.05, 4.69) is 13.8 Å². The molecule has 0 radical (unpaired) electrons. The molecule has 2 aromatic carbocycles. The second-order valence-corrected chi connectivity index (χ2v) is 9.64. The number of hydrogen-bond donors (Lipinski definition) is 0. The Morgan fingerprint density at radius 3 is 2.50 bits per heavy atom. The van der Waals surface area contributed by atoms with E-state index in [-0.39, 0.29) is 23.6 Å². The second kappa shape index (κ2) is 9.22. The zero-order chi connectivity index (χ0) is 25.6. The third-order valence-electron chi connectivity index (χ3n) is 6.56. The molecule has 36 heavy (non-hydrogen) atoms. The zero-order valence-electron chi connectivity index (χ0n) is 21.1. The van der Waals surface area contributed by atoms with Crippen molar-refractivity contribution < 1.29 is 23.1 Å². The molecule has 0 saturated heterocycles. The fourth-order valence-corrected chi connectivity index (χ4v) is 4.59. The smallest absolute Gasteiger partial charge is 0.291 e. The van der Waals surface area contributed by atoms with Crippen LogP contribution in [-0.4, -0.2) is 24.5 Å². The van der Waals surface area contributed by atoms with Crippen LogP contribution in [0.4, 0.5) is 0 Å². The molecule has 7 heteroatoms. The van der Waals surface area contributed by atoms with E-state index in [4.69, 9.17) is 18.3 Å². The highest BCUT2D eigenvalue weighted by molar-refractivity contribution is 5.99. The maximum atomic E-state index is 13.8. The summed E-state index contributed by atoms with van der Waals surface area (Å²) in [5.74, 6) is 1.79. The Morgan fingerprint density at radius 2 is 1.81 bits per heavy atom. The third-order valence-corrected chi connectivity index (χ3v) is 6.56. The van der Waals surface area contributed by atoms with Gasteiger partial charge in [0.05, 0.1) is 43.5 Å². The maximum Gasteiger partial charge on any atom is 0.291 e. The number of aryl methyl sites for hydroxylation is 2. The molecule has 1 aliphatic heterocycles. The number of carbonyl (C=O) groups excluding carboxylic acids is 1. The van der Waals surface area contributed by atoms with Crippen LogP contribution in [0.25, 0.3) is 11.0 Å². The summed E-state index contributed by atoms with van der Waals surface area (Å²) in [6.45, 7) is 8.77. The highest BCUT2D eigenvalue weighted by Crippen LogP contribution is 2.42. The van der Waals surface area contributed by atoms with Gasteiger partial charge in [-0.1, -0.05) is 19.9 Å². The molecule has 2 aromatic heterocycles. The van der Waals surface area contributed by atoms with Crippen LogP contribution in [0.2, 0.25) is 0 Å². The van der Waals surface area contributed by atoms with Crippen LogP contribution in [0.1, 0.15) is 58.5 Å². The predicted molar refractivity (Wildman–Crippen MR) is 136 cm³/mol. The van der Waals surface area contributed by atoms with Gasteiger partial charge in [-0.05, 0) is 72.9 Å². The Bertz CT molecular complexity index is 1500. The van der Waals surface area contributed by atoms with Gasteiger partial charge in [0, 0.05) is 0 Å². The van der Waals surface area contributed by atoms with Gasteiger partial charge in [-0.3, -0.25) is 9.59 Å². The molecule has 5 rings (SSSR count). The summed E-state index contributed by atoms with van der Waals surface area (Å²) in [6.07, 6.45) is 1.56. The molecule has 1 amide bonds. The molecule has 0 fully saturated rings. The number of ether oxygens (including phenoxy) is 2. The SMILES string of the molecule is COc1cc([C@@H]2c3c(oc4cc(C)c(C)cc4c3=O)C(=O)N2Cc2ccco2)ccc1OCC(C)C. The number of hydrogen-bond acceptors (Lipinski definition) is 6. The van der Waals surface area contributed by atoms with E-state index in [9.17, 15) is 9.59 Å². The van der Waals surface area contributed by atoms with Gasteiger partial charge >= 0.3 is 0 Å². The molecule has 0 saturated carbocycles. The minimum absolute atomic E-state index is 0.0615. The summed E-state index contributed by atoms with van der Waals surface area (Å²) < 4.78 is 23.2. The number of furan rings is 1. The van der Waals surface area contributed by atoms with Crippen molar-refractivity contribution in [2.45, 2.75) is 40.3 Å². The van der Waals surface area contributed by atoms with Gasteiger partial charge in [0.25, 0.3) is 5.91 Å². The lowest BCUT2D eigenvalue weighted by atomic mass is 9.97. The van der Waals surface area contributed by atoms with E-state index >= 15 is 0 Å². The lowest BCUT2D eigenvalue weighted by Crippen LogP contribution is -2.29. The first-order valence-corrected chi connectivity index (χ1v) is 12.0. The Balaban J connectivity index is 1.69. The summed E-state index contributed by atoms with van der Waals surface area (Å²) in [6, 6.07) is 12.0. The van der Waals surface area contributed by atoms with Gasteiger partial charge < -0.3 is 23.2 Å². The topological polar surface area (TPSA) is 82.1 Å². The average Bonchev–Trinajstić information content (AvgIpc) is 3.46. The van der Waals surface area contributed by atoms with E-state index in [1.165, 1.54) is 0 Å². The number of amides is 1. The normalized spacial score (nSPS) is 15.1. The van der Waals surface area contributed by atoms with Gasteiger partial charge in [0.1, 0.15) is 11.3 Å². The van der Waals surface area contributed by atoms with Crippen LogP contribution >= 0.6 is 0 Å². The molecule has 0 aliphatic carbocycles. The van der Waals surface area contributed by atoms with Crippen molar-refractivity contribution in [3.63, 3.8) is 0 Å². The number of carbonyl (C=O) groups is 1. The quantitative estimate of drug-likeness (QED) is 0.328. The first kappa shape index (κ1) is 23.7. The second-order valence-electron chi connectivity index (χ2n) is 9.64. The molecule has 1 aliphatic rings. The van der Waals surface area contributed by atoms with E-state index in [1.807, 2.05) is 44.2 Å². The highest BCUT2D eigenvalue weighted by Gasteiger charge is 2.43. The minimum atomic E-state index is -0.673. The molecule has 1 atom stereocenters. The first-order valence-electron chi connectivity index (χ1n) is 12.0. The van der Waals surface area contributed by atoms with E-state index in [0.717, 1.165) is 16.7 Å². The molecule has 0 N–H and O–H groups in total. The number of rotatable bonds is 7. The molecule has 0 bridgehead atoms. The summed E-state index contributed by atoms with van der Waals surface area (Å²) in [5.41, 5.74) is 3.20. The fourth-order valence-electron chi connectivity index (χ4n) is 4.59. The monoisotopic (exact) mass is 487 g/mol. The first-order chi connectivity index (χ1) is 17.3. The minimum Gasteiger partial charge on any atom is -0.493 e. The van der Waals surface area contributed by atoms with Gasteiger partial charge in [-0.25, -0.2) is 0 Å². The van der Waals surface area contributed by atoms with E-state index < -0.39 is 6.04 Å². The standard InChI is InChI=1S/C29H29NO6/c1-16(2)15-35-22-9-8-19(13-24(22)33-5)26-25-27(31)21-11-17(3)18(4)12-23(21)36-28(25)29(32)30(26)14-20-7-6-10-34-20/h6-13,16,26H,14-15H2,1-5H3/t26-/m1/s1. The molecular formula is C29H29NO6. The highest BCUT2D eigenvalue weighted by atomic mass is 16.5. The van der Waals surface area contributed by atoms with Crippen LogP contribution in [0.3, 0.4) is 0 Å². The van der Waals surface area contributed by atoms with Gasteiger partial charge in [0.15, 0.2) is 16.9 Å². The number of nitrogens with zero attached hydrogens (tertiary/aromatic N) is 1. The Kier molecular flexibility index (Phi) is 6.08. The van der Waals surface area contributed by atoms with Gasteiger partial charge in [-0.2, -0.15) is 0 Å². The molecule has 0 unspecified atom stereocenters. The van der Waals surface area contributed by atoms with E-state index in [0.29, 0.717) is 46.3 Å². The lowest BCUT2D eigenvalue weighted by molar-refractivity contribution is 0.0701. The molecule has 0 spiro atoms. The predicted octanol–water partition coefficient (Wildman–Crippen LogP) is 5.79. The largest absolute Gasteiger partial charge is 0.493 e. The molecule has 4 aromatic rings. The fraction of sp³-hybridized carbons (Fsp3) is 0.310.